The smallest absolute Gasteiger partial charge is 0.0465 e. The second-order valence-electron chi connectivity index (χ2n) is 13.0. The minimum Gasteiger partial charge on any atom is -0.310 e. The molecule has 0 radical (unpaired) electrons. The van der Waals surface area contributed by atoms with Gasteiger partial charge < -0.3 is 4.90 Å². The van der Waals surface area contributed by atoms with Crippen molar-refractivity contribution in [3.8, 4) is 22.3 Å². The first-order valence-electron chi connectivity index (χ1n) is 16.1. The fourth-order valence-corrected chi connectivity index (χ4v) is 7.75. The highest BCUT2D eigenvalue weighted by Crippen LogP contribution is 2.52. The van der Waals surface area contributed by atoms with Crippen molar-refractivity contribution in [2.75, 3.05) is 4.90 Å². The van der Waals surface area contributed by atoms with Crippen LogP contribution in [-0.4, -0.2) is 0 Å². The Hall–Kier alpha value is -5.66. The topological polar surface area (TPSA) is 3.24 Å². The van der Waals surface area contributed by atoms with E-state index in [0.717, 1.165) is 11.4 Å². The summed E-state index contributed by atoms with van der Waals surface area (Å²) in [5, 5.41) is 7.75. The van der Waals surface area contributed by atoms with Gasteiger partial charge in [-0.15, -0.1) is 0 Å². The highest BCUT2D eigenvalue weighted by atomic mass is 15.1. The third kappa shape index (κ3) is 4.02. The minimum atomic E-state index is -0.164. The van der Waals surface area contributed by atoms with Crippen LogP contribution in [0.5, 0.6) is 0 Å². The van der Waals surface area contributed by atoms with E-state index in [4.69, 9.17) is 0 Å². The molecular weight excluding hydrogens is 555 g/mol. The third-order valence-corrected chi connectivity index (χ3v) is 10.0. The van der Waals surface area contributed by atoms with Crippen LogP contribution in [0.2, 0.25) is 0 Å². The molecule has 0 aromatic heterocycles. The Bertz CT molecular complexity index is 2400. The minimum absolute atomic E-state index is 0.164. The number of anilines is 3. The van der Waals surface area contributed by atoms with Crippen LogP contribution in [0.4, 0.5) is 17.1 Å². The summed E-state index contributed by atoms with van der Waals surface area (Å²) in [5.74, 6) is 0. The van der Waals surface area contributed by atoms with Crippen LogP contribution < -0.4 is 4.90 Å². The zero-order valence-electron chi connectivity index (χ0n) is 26.0. The lowest BCUT2D eigenvalue weighted by atomic mass is 9.80. The molecule has 0 saturated heterocycles. The van der Waals surface area contributed by atoms with Crippen molar-refractivity contribution in [1.29, 1.82) is 0 Å². The molecule has 0 bridgehead atoms. The van der Waals surface area contributed by atoms with Crippen LogP contribution in [0.25, 0.3) is 54.6 Å². The van der Waals surface area contributed by atoms with Gasteiger partial charge in [0, 0.05) is 22.5 Å². The Balaban J connectivity index is 1.22. The van der Waals surface area contributed by atoms with E-state index in [1.165, 1.54) is 71.4 Å². The number of nitrogens with zero attached hydrogens (tertiary/aromatic N) is 1. The lowest BCUT2D eigenvalue weighted by Gasteiger charge is -2.28. The van der Waals surface area contributed by atoms with Gasteiger partial charge in [0.05, 0.1) is 0 Å². The molecule has 0 atom stereocenters. The van der Waals surface area contributed by atoms with Crippen molar-refractivity contribution < 1.29 is 0 Å². The molecule has 0 fully saturated rings. The molecule has 1 aliphatic rings. The summed E-state index contributed by atoms with van der Waals surface area (Å²) in [6.07, 6.45) is 0. The van der Waals surface area contributed by atoms with Gasteiger partial charge in [-0.3, -0.25) is 0 Å². The average molecular weight is 588 g/mol. The number of hydrogen-bond donors (Lipinski definition) is 0. The summed E-state index contributed by atoms with van der Waals surface area (Å²) >= 11 is 0. The lowest BCUT2D eigenvalue weighted by Crippen LogP contribution is -2.16. The highest BCUT2D eigenvalue weighted by Gasteiger charge is 2.36. The van der Waals surface area contributed by atoms with E-state index in [9.17, 15) is 0 Å². The van der Waals surface area contributed by atoms with Gasteiger partial charge in [-0.05, 0) is 114 Å². The summed E-state index contributed by atoms with van der Waals surface area (Å²) in [4.78, 5) is 2.36. The molecule has 0 heterocycles. The van der Waals surface area contributed by atoms with Crippen molar-refractivity contribution in [2.24, 2.45) is 0 Å². The van der Waals surface area contributed by atoms with Crippen LogP contribution in [0.1, 0.15) is 25.0 Å². The monoisotopic (exact) mass is 587 g/mol. The first-order valence-corrected chi connectivity index (χ1v) is 16.1. The van der Waals surface area contributed by atoms with Crippen LogP contribution in [0.3, 0.4) is 0 Å². The largest absolute Gasteiger partial charge is 0.310 e. The van der Waals surface area contributed by atoms with E-state index in [1.54, 1.807) is 0 Å². The van der Waals surface area contributed by atoms with E-state index < -0.39 is 0 Å². The molecule has 0 N–H and O–H groups in total. The standard InChI is InChI=1S/C45H33N/c1-45(2)42-28-32(44-37-20-12-10-14-31(37)27-41-36-19-11-9-13-30(36)21-25-40(41)44)22-24-38(42)39-26-23-35(29-43(39)45)46(33-15-5-3-6-16-33)34-17-7-4-8-18-34/h3-29H,1-2H3. The predicted octanol–water partition coefficient (Wildman–Crippen LogP) is 12.6. The number of rotatable bonds is 4. The van der Waals surface area contributed by atoms with Gasteiger partial charge >= 0.3 is 0 Å². The van der Waals surface area contributed by atoms with Crippen molar-refractivity contribution >= 4 is 49.4 Å². The van der Waals surface area contributed by atoms with Gasteiger partial charge in [0.25, 0.3) is 0 Å². The molecule has 1 aliphatic carbocycles. The van der Waals surface area contributed by atoms with Crippen LogP contribution in [0.15, 0.2) is 164 Å². The molecule has 1 heteroatoms. The number of para-hydroxylation sites is 2. The molecule has 9 rings (SSSR count). The molecule has 0 unspecified atom stereocenters. The van der Waals surface area contributed by atoms with E-state index in [0.29, 0.717) is 0 Å². The van der Waals surface area contributed by atoms with Crippen LogP contribution in [0, 0.1) is 0 Å². The maximum atomic E-state index is 2.47. The fraction of sp³-hybridized carbons (Fsp3) is 0.0667. The first-order chi connectivity index (χ1) is 22.6. The molecule has 0 aliphatic heterocycles. The molecule has 8 aromatic carbocycles. The summed E-state index contributed by atoms with van der Waals surface area (Å²) in [6.45, 7) is 4.77. The van der Waals surface area contributed by atoms with Crippen LogP contribution in [-0.2, 0) is 5.41 Å². The molecule has 46 heavy (non-hydrogen) atoms. The van der Waals surface area contributed by atoms with Gasteiger partial charge in [0.2, 0.25) is 0 Å². The van der Waals surface area contributed by atoms with E-state index >= 15 is 0 Å². The second-order valence-corrected chi connectivity index (χ2v) is 13.0. The van der Waals surface area contributed by atoms with Gasteiger partial charge in [0.1, 0.15) is 0 Å². The first kappa shape index (κ1) is 26.7. The summed E-state index contributed by atoms with van der Waals surface area (Å²) in [7, 11) is 0. The summed E-state index contributed by atoms with van der Waals surface area (Å²) in [6, 6.07) is 60.1. The van der Waals surface area contributed by atoms with Gasteiger partial charge in [-0.2, -0.15) is 0 Å². The maximum absolute atomic E-state index is 2.47. The fourth-order valence-electron chi connectivity index (χ4n) is 7.75. The van der Waals surface area contributed by atoms with Crippen molar-refractivity contribution in [3.05, 3.63) is 175 Å². The lowest BCUT2D eigenvalue weighted by molar-refractivity contribution is 0.660. The molecule has 0 amide bonds. The Labute approximate surface area is 270 Å². The maximum Gasteiger partial charge on any atom is 0.0465 e. The number of benzene rings is 8. The Morgan fingerprint density at radius 1 is 0.391 bits per heavy atom. The molecule has 218 valence electrons. The van der Waals surface area contributed by atoms with Gasteiger partial charge in [-0.25, -0.2) is 0 Å². The quantitative estimate of drug-likeness (QED) is 0.146. The Morgan fingerprint density at radius 2 is 0.978 bits per heavy atom. The normalized spacial score (nSPS) is 13.2. The number of fused-ring (bicyclic) bond motifs is 7. The summed E-state index contributed by atoms with van der Waals surface area (Å²) < 4.78 is 0. The molecule has 8 aromatic rings. The van der Waals surface area contributed by atoms with Crippen molar-refractivity contribution in [3.63, 3.8) is 0 Å². The number of hydrogen-bond acceptors (Lipinski definition) is 1. The third-order valence-electron chi connectivity index (χ3n) is 10.0. The van der Waals surface area contributed by atoms with E-state index in [1.807, 2.05) is 0 Å². The second kappa shape index (κ2) is 10.2. The van der Waals surface area contributed by atoms with Gasteiger partial charge in [-0.1, -0.05) is 129 Å². The van der Waals surface area contributed by atoms with E-state index in [2.05, 4.69) is 183 Å². The van der Waals surface area contributed by atoms with Crippen molar-refractivity contribution in [2.45, 2.75) is 19.3 Å². The molecular formula is C45H33N. The zero-order chi connectivity index (χ0) is 30.8. The van der Waals surface area contributed by atoms with Crippen molar-refractivity contribution in [1.82, 2.24) is 0 Å². The zero-order valence-corrected chi connectivity index (χ0v) is 26.0. The van der Waals surface area contributed by atoms with Gasteiger partial charge in [0.15, 0.2) is 0 Å². The van der Waals surface area contributed by atoms with E-state index in [-0.39, 0.29) is 5.41 Å². The van der Waals surface area contributed by atoms with Crippen LogP contribution >= 0.6 is 0 Å². The summed E-state index contributed by atoms with van der Waals surface area (Å²) in [5.41, 5.74) is 11.3. The molecule has 0 saturated carbocycles. The Morgan fingerprint density at radius 3 is 1.70 bits per heavy atom. The predicted molar refractivity (Wildman–Crippen MR) is 197 cm³/mol. The molecule has 0 spiro atoms. The highest BCUT2D eigenvalue weighted by molar-refractivity contribution is 6.20. The average Bonchev–Trinajstić information content (AvgIpc) is 3.33. The molecule has 1 nitrogen and oxygen atoms in total. The SMILES string of the molecule is CC1(C)c2cc(-c3c4ccccc4cc4c3ccc3ccccc34)ccc2-c2ccc(N(c3ccccc3)c3ccccc3)cc21. The Kier molecular flexibility index (Phi) is 5.92.